The molecule has 2 aromatic carbocycles. The first kappa shape index (κ1) is 14.1. The molecular formula is C17H17BrN2O. The molecule has 0 heterocycles. The minimum atomic E-state index is -0.195. The van der Waals surface area contributed by atoms with Crippen LogP contribution in [0.2, 0.25) is 0 Å². The predicted octanol–water partition coefficient (Wildman–Crippen LogP) is 4.57. The molecule has 1 fully saturated rings. The van der Waals surface area contributed by atoms with E-state index in [0.717, 1.165) is 23.0 Å². The summed E-state index contributed by atoms with van der Waals surface area (Å²) in [5.41, 5.74) is 2.98. The second kappa shape index (κ2) is 5.53. The molecule has 4 heteroatoms. The Bertz CT molecular complexity index is 663. The van der Waals surface area contributed by atoms with Gasteiger partial charge in [-0.3, -0.25) is 0 Å². The summed E-state index contributed by atoms with van der Waals surface area (Å²) in [6.07, 6.45) is 1.97. The molecule has 0 atom stereocenters. The topological polar surface area (TPSA) is 41.1 Å². The van der Waals surface area contributed by atoms with Gasteiger partial charge in [0.1, 0.15) is 0 Å². The molecule has 0 unspecified atom stereocenters. The summed E-state index contributed by atoms with van der Waals surface area (Å²) in [6.45, 7) is 2.07. The summed E-state index contributed by atoms with van der Waals surface area (Å²) in [4.78, 5) is 12.2. The second-order valence-electron chi connectivity index (χ2n) is 5.51. The fourth-order valence-corrected chi connectivity index (χ4v) is 2.80. The summed E-state index contributed by atoms with van der Waals surface area (Å²) < 4.78 is 0.875. The van der Waals surface area contributed by atoms with Crippen molar-refractivity contribution in [3.63, 3.8) is 0 Å². The maximum atomic E-state index is 12.2. The fraction of sp³-hybridized carbons (Fsp3) is 0.235. The molecule has 2 aromatic rings. The average molecular weight is 345 g/mol. The van der Waals surface area contributed by atoms with Crippen LogP contribution in [0.1, 0.15) is 24.0 Å². The Labute approximate surface area is 132 Å². The smallest absolute Gasteiger partial charge is 0.319 e. The Morgan fingerprint density at radius 2 is 1.76 bits per heavy atom. The number of halogens is 1. The van der Waals surface area contributed by atoms with Gasteiger partial charge in [-0.1, -0.05) is 42.0 Å². The number of amides is 2. The molecule has 1 aliphatic carbocycles. The number of benzene rings is 2. The number of urea groups is 1. The van der Waals surface area contributed by atoms with Gasteiger partial charge in [-0.05, 0) is 53.4 Å². The molecule has 0 radical (unpaired) electrons. The molecule has 0 saturated heterocycles. The minimum Gasteiger partial charge on any atom is -0.328 e. The first-order chi connectivity index (χ1) is 10.1. The molecule has 3 nitrogen and oxygen atoms in total. The molecule has 1 aliphatic rings. The quantitative estimate of drug-likeness (QED) is 0.841. The number of carbonyl (C=O) groups excluding carboxylic acids is 1. The molecule has 3 rings (SSSR count). The van der Waals surface area contributed by atoms with Crippen LogP contribution in [0.4, 0.5) is 10.5 Å². The molecule has 2 N–H and O–H groups in total. The van der Waals surface area contributed by atoms with E-state index in [1.54, 1.807) is 0 Å². The monoisotopic (exact) mass is 344 g/mol. The van der Waals surface area contributed by atoms with E-state index in [9.17, 15) is 4.79 Å². The zero-order valence-corrected chi connectivity index (χ0v) is 13.4. The number of aryl methyl sites for hydroxylation is 1. The molecule has 21 heavy (non-hydrogen) atoms. The van der Waals surface area contributed by atoms with Crippen LogP contribution in [0.25, 0.3) is 0 Å². The summed E-state index contributed by atoms with van der Waals surface area (Å²) in [5, 5.41) is 6.00. The fourth-order valence-electron chi connectivity index (χ4n) is 2.42. The lowest BCUT2D eigenvalue weighted by Gasteiger charge is -2.19. The van der Waals surface area contributed by atoms with E-state index in [2.05, 4.69) is 57.8 Å². The third-order valence-electron chi connectivity index (χ3n) is 3.83. The van der Waals surface area contributed by atoms with Crippen molar-refractivity contribution in [2.45, 2.75) is 25.3 Å². The molecule has 0 bridgehead atoms. The third-order valence-corrected chi connectivity index (χ3v) is 4.52. The van der Waals surface area contributed by atoms with Crippen molar-refractivity contribution in [3.05, 3.63) is 64.1 Å². The van der Waals surface area contributed by atoms with E-state index < -0.39 is 0 Å². The lowest BCUT2D eigenvalue weighted by atomic mass is 10.0. The van der Waals surface area contributed by atoms with E-state index in [-0.39, 0.29) is 11.6 Å². The van der Waals surface area contributed by atoms with Gasteiger partial charge in [-0.15, -0.1) is 0 Å². The number of carbonyl (C=O) groups is 1. The van der Waals surface area contributed by atoms with Crippen molar-refractivity contribution in [2.24, 2.45) is 0 Å². The number of nitrogens with one attached hydrogen (secondary N) is 2. The van der Waals surface area contributed by atoms with E-state index in [0.29, 0.717) is 0 Å². The molecular weight excluding hydrogens is 328 g/mol. The van der Waals surface area contributed by atoms with E-state index in [1.807, 2.05) is 24.3 Å². The van der Waals surface area contributed by atoms with Crippen molar-refractivity contribution in [3.8, 4) is 0 Å². The number of para-hydroxylation sites is 1. The summed E-state index contributed by atoms with van der Waals surface area (Å²) in [6, 6.07) is 15.8. The van der Waals surface area contributed by atoms with Crippen LogP contribution in [0.5, 0.6) is 0 Å². The lowest BCUT2D eigenvalue weighted by Crippen LogP contribution is -2.38. The van der Waals surface area contributed by atoms with E-state index in [4.69, 9.17) is 0 Å². The maximum Gasteiger partial charge on any atom is 0.319 e. The van der Waals surface area contributed by atoms with Crippen molar-refractivity contribution in [2.75, 3.05) is 5.32 Å². The Kier molecular flexibility index (Phi) is 3.72. The maximum absolute atomic E-state index is 12.2. The van der Waals surface area contributed by atoms with Gasteiger partial charge in [0.25, 0.3) is 0 Å². The predicted molar refractivity (Wildman–Crippen MR) is 88.4 cm³/mol. The first-order valence-electron chi connectivity index (χ1n) is 7.00. The minimum absolute atomic E-state index is 0.167. The molecule has 2 amide bonds. The van der Waals surface area contributed by atoms with E-state index >= 15 is 0 Å². The van der Waals surface area contributed by atoms with Crippen LogP contribution in [-0.4, -0.2) is 6.03 Å². The normalized spacial score (nSPS) is 15.3. The molecule has 0 aromatic heterocycles. The third kappa shape index (κ3) is 3.10. The van der Waals surface area contributed by atoms with Crippen molar-refractivity contribution >= 4 is 27.6 Å². The number of anilines is 1. The number of hydrogen-bond acceptors (Lipinski definition) is 1. The lowest BCUT2D eigenvalue weighted by molar-refractivity contribution is 0.247. The van der Waals surface area contributed by atoms with E-state index in [1.165, 1.54) is 11.1 Å². The van der Waals surface area contributed by atoms with Crippen LogP contribution < -0.4 is 10.6 Å². The van der Waals surface area contributed by atoms with Crippen molar-refractivity contribution in [1.29, 1.82) is 0 Å². The van der Waals surface area contributed by atoms with Gasteiger partial charge >= 0.3 is 6.03 Å². The highest BCUT2D eigenvalue weighted by Crippen LogP contribution is 2.45. The zero-order chi connectivity index (χ0) is 14.9. The van der Waals surface area contributed by atoms with Gasteiger partial charge in [0, 0.05) is 4.47 Å². The van der Waals surface area contributed by atoms with Crippen LogP contribution in [-0.2, 0) is 5.54 Å². The van der Waals surface area contributed by atoms with Gasteiger partial charge in [0.05, 0.1) is 11.2 Å². The zero-order valence-electron chi connectivity index (χ0n) is 11.8. The van der Waals surface area contributed by atoms with Crippen LogP contribution in [0.3, 0.4) is 0 Å². The van der Waals surface area contributed by atoms with Gasteiger partial charge < -0.3 is 10.6 Å². The molecule has 0 spiro atoms. The molecule has 0 aliphatic heterocycles. The Hall–Kier alpha value is -1.81. The highest BCUT2D eigenvalue weighted by Gasteiger charge is 2.45. The summed E-state index contributed by atoms with van der Waals surface area (Å²) in [7, 11) is 0. The van der Waals surface area contributed by atoms with Gasteiger partial charge in [-0.2, -0.15) is 0 Å². The summed E-state index contributed by atoms with van der Waals surface area (Å²) >= 11 is 3.43. The van der Waals surface area contributed by atoms with Crippen LogP contribution in [0, 0.1) is 6.92 Å². The Morgan fingerprint density at radius 3 is 2.38 bits per heavy atom. The standard InChI is InChI=1S/C17H17BrN2O/c1-12-6-8-13(9-7-12)17(10-11-17)20-16(21)19-15-5-3-2-4-14(15)18/h2-9H,10-11H2,1H3,(H2,19,20,21). The summed E-state index contributed by atoms with van der Waals surface area (Å²) in [5.74, 6) is 0. The van der Waals surface area contributed by atoms with Gasteiger partial charge in [0.15, 0.2) is 0 Å². The highest BCUT2D eigenvalue weighted by molar-refractivity contribution is 9.10. The molecule has 108 valence electrons. The number of rotatable bonds is 3. The van der Waals surface area contributed by atoms with Gasteiger partial charge in [-0.25, -0.2) is 4.79 Å². The van der Waals surface area contributed by atoms with Crippen molar-refractivity contribution < 1.29 is 4.79 Å². The largest absolute Gasteiger partial charge is 0.328 e. The SMILES string of the molecule is Cc1ccc(C2(NC(=O)Nc3ccccc3Br)CC2)cc1. The van der Waals surface area contributed by atoms with Crippen molar-refractivity contribution in [1.82, 2.24) is 5.32 Å². The Morgan fingerprint density at radius 1 is 1.10 bits per heavy atom. The first-order valence-corrected chi connectivity index (χ1v) is 7.79. The number of hydrogen-bond donors (Lipinski definition) is 2. The second-order valence-corrected chi connectivity index (χ2v) is 6.36. The van der Waals surface area contributed by atoms with Crippen LogP contribution >= 0.6 is 15.9 Å². The van der Waals surface area contributed by atoms with Gasteiger partial charge in [0.2, 0.25) is 0 Å². The highest BCUT2D eigenvalue weighted by atomic mass is 79.9. The molecule has 1 saturated carbocycles. The van der Waals surface area contributed by atoms with Crippen LogP contribution in [0.15, 0.2) is 53.0 Å². The average Bonchev–Trinajstić information content (AvgIpc) is 3.23. The Balaban J connectivity index is 1.70.